The molecule has 0 bridgehead atoms. The first kappa shape index (κ1) is 16.3. The lowest BCUT2D eigenvalue weighted by Gasteiger charge is -2.10. The van der Waals surface area contributed by atoms with Gasteiger partial charge in [0.15, 0.2) is 0 Å². The third kappa shape index (κ3) is 3.84. The summed E-state index contributed by atoms with van der Waals surface area (Å²) >= 11 is 5.95. The Balaban J connectivity index is 1.77. The van der Waals surface area contributed by atoms with Crippen LogP contribution in [-0.4, -0.2) is 10.9 Å². The maximum Gasteiger partial charge on any atom is 0.222 e. The summed E-state index contributed by atoms with van der Waals surface area (Å²) in [6.45, 7) is 3.89. The van der Waals surface area contributed by atoms with Crippen molar-refractivity contribution in [3.05, 3.63) is 64.7 Å². The van der Waals surface area contributed by atoms with Gasteiger partial charge in [0.1, 0.15) is 18.2 Å². The van der Waals surface area contributed by atoms with E-state index in [4.69, 9.17) is 16.3 Å². The van der Waals surface area contributed by atoms with Gasteiger partial charge in [0.2, 0.25) is 5.91 Å². The zero-order valence-electron chi connectivity index (χ0n) is 13.5. The highest BCUT2D eigenvalue weighted by atomic mass is 35.5. The summed E-state index contributed by atoms with van der Waals surface area (Å²) in [7, 11) is 0. The molecule has 0 atom stereocenters. The second-order valence-electron chi connectivity index (χ2n) is 5.60. The minimum Gasteiger partial charge on any atom is -0.489 e. The van der Waals surface area contributed by atoms with E-state index in [9.17, 15) is 4.79 Å². The topological polar surface area (TPSA) is 51.2 Å². The third-order valence-corrected chi connectivity index (χ3v) is 3.82. The van der Waals surface area contributed by atoms with Crippen molar-refractivity contribution < 1.29 is 9.53 Å². The average Bonchev–Trinajstić information content (AvgIpc) is 2.53. The zero-order chi connectivity index (χ0) is 17.1. The predicted octanol–water partition coefficient (Wildman–Crippen LogP) is 4.73. The standard InChI is InChI=1S/C19H17ClN2O2/c1-12-9-16(20)5-7-18(12)24-11-14-3-6-17-15(10-14)4-8-19(22-17)21-13(2)23/h3-10H,11H2,1-2H3,(H,21,22,23). The first-order chi connectivity index (χ1) is 11.5. The van der Waals surface area contributed by atoms with Crippen molar-refractivity contribution in [2.45, 2.75) is 20.5 Å². The quantitative estimate of drug-likeness (QED) is 0.746. The second-order valence-corrected chi connectivity index (χ2v) is 6.04. The maximum atomic E-state index is 11.1. The summed E-state index contributed by atoms with van der Waals surface area (Å²) in [5.74, 6) is 1.24. The van der Waals surface area contributed by atoms with Gasteiger partial charge in [0.25, 0.3) is 0 Å². The molecule has 1 heterocycles. The molecule has 0 saturated carbocycles. The van der Waals surface area contributed by atoms with Gasteiger partial charge in [-0.15, -0.1) is 0 Å². The number of ether oxygens (including phenoxy) is 1. The summed E-state index contributed by atoms with van der Waals surface area (Å²) in [5.41, 5.74) is 2.88. The molecule has 0 radical (unpaired) electrons. The number of nitrogens with zero attached hydrogens (tertiary/aromatic N) is 1. The van der Waals surface area contributed by atoms with Gasteiger partial charge in [-0.05, 0) is 60.5 Å². The van der Waals surface area contributed by atoms with Crippen molar-refractivity contribution in [3.8, 4) is 5.75 Å². The fraction of sp³-hybridized carbons (Fsp3) is 0.158. The van der Waals surface area contributed by atoms with Crippen LogP contribution in [0.1, 0.15) is 18.1 Å². The second kappa shape index (κ2) is 6.89. The molecule has 3 rings (SSSR count). The average molecular weight is 341 g/mol. The number of carbonyl (C=O) groups excluding carboxylic acids is 1. The summed E-state index contributed by atoms with van der Waals surface area (Å²) in [6.07, 6.45) is 0. The van der Waals surface area contributed by atoms with Crippen LogP contribution in [0.25, 0.3) is 10.9 Å². The highest BCUT2D eigenvalue weighted by Crippen LogP contribution is 2.23. The van der Waals surface area contributed by atoms with Crippen molar-refractivity contribution in [3.63, 3.8) is 0 Å². The van der Waals surface area contributed by atoms with Gasteiger partial charge in [-0.2, -0.15) is 0 Å². The number of benzene rings is 2. The molecular weight excluding hydrogens is 324 g/mol. The number of carbonyl (C=O) groups is 1. The fourth-order valence-electron chi connectivity index (χ4n) is 2.45. The Bertz CT molecular complexity index is 909. The molecule has 3 aromatic rings. The summed E-state index contributed by atoms with van der Waals surface area (Å²) in [6, 6.07) is 15.2. The van der Waals surface area contributed by atoms with E-state index in [1.165, 1.54) is 6.92 Å². The Morgan fingerprint density at radius 2 is 2.00 bits per heavy atom. The SMILES string of the molecule is CC(=O)Nc1ccc2cc(COc3ccc(Cl)cc3C)ccc2n1. The normalized spacial score (nSPS) is 10.6. The van der Waals surface area contributed by atoms with E-state index < -0.39 is 0 Å². The van der Waals surface area contributed by atoms with Crippen LogP contribution >= 0.6 is 11.6 Å². The fourth-order valence-corrected chi connectivity index (χ4v) is 2.68. The van der Waals surface area contributed by atoms with Gasteiger partial charge < -0.3 is 10.1 Å². The van der Waals surface area contributed by atoms with Crippen molar-refractivity contribution in [1.82, 2.24) is 4.98 Å². The van der Waals surface area contributed by atoms with E-state index in [-0.39, 0.29) is 5.91 Å². The van der Waals surface area contributed by atoms with Crippen molar-refractivity contribution >= 4 is 34.2 Å². The lowest BCUT2D eigenvalue weighted by Crippen LogP contribution is -2.07. The highest BCUT2D eigenvalue weighted by Gasteiger charge is 2.04. The van der Waals surface area contributed by atoms with Crippen molar-refractivity contribution in [1.29, 1.82) is 0 Å². The predicted molar refractivity (Wildman–Crippen MR) is 96.6 cm³/mol. The van der Waals surface area contributed by atoms with Gasteiger partial charge in [0.05, 0.1) is 5.52 Å². The van der Waals surface area contributed by atoms with Gasteiger partial charge in [0, 0.05) is 17.3 Å². The number of halogens is 1. The Labute approximate surface area is 145 Å². The molecule has 0 saturated heterocycles. The summed E-state index contributed by atoms with van der Waals surface area (Å²) in [5, 5.41) is 4.38. The molecule has 1 aromatic heterocycles. The molecule has 0 aliphatic heterocycles. The molecule has 0 aliphatic rings. The zero-order valence-corrected chi connectivity index (χ0v) is 14.2. The van der Waals surface area contributed by atoms with Crippen molar-refractivity contribution in [2.75, 3.05) is 5.32 Å². The van der Waals surface area contributed by atoms with Gasteiger partial charge in [-0.3, -0.25) is 4.79 Å². The van der Waals surface area contributed by atoms with Crippen molar-refractivity contribution in [2.24, 2.45) is 0 Å². The van der Waals surface area contributed by atoms with Crippen LogP contribution in [0.4, 0.5) is 5.82 Å². The first-order valence-electron chi connectivity index (χ1n) is 7.57. The van der Waals surface area contributed by atoms with Crippen LogP contribution in [0.2, 0.25) is 5.02 Å². The molecule has 0 fully saturated rings. The minimum absolute atomic E-state index is 0.134. The largest absolute Gasteiger partial charge is 0.489 e. The summed E-state index contributed by atoms with van der Waals surface area (Å²) in [4.78, 5) is 15.5. The van der Waals surface area contributed by atoms with E-state index in [0.717, 1.165) is 27.8 Å². The molecule has 2 aromatic carbocycles. The Hall–Kier alpha value is -2.59. The molecular formula is C19H17ClN2O2. The highest BCUT2D eigenvalue weighted by molar-refractivity contribution is 6.30. The van der Waals surface area contributed by atoms with E-state index in [0.29, 0.717) is 17.4 Å². The number of fused-ring (bicyclic) bond motifs is 1. The number of hydrogen-bond donors (Lipinski definition) is 1. The molecule has 0 spiro atoms. The molecule has 4 nitrogen and oxygen atoms in total. The summed E-state index contributed by atoms with van der Waals surface area (Å²) < 4.78 is 5.87. The number of aryl methyl sites for hydroxylation is 1. The molecule has 0 unspecified atom stereocenters. The number of anilines is 1. The monoisotopic (exact) mass is 340 g/mol. The first-order valence-corrected chi connectivity index (χ1v) is 7.95. The Kier molecular flexibility index (Phi) is 4.67. The van der Waals surface area contributed by atoms with Gasteiger partial charge in [-0.1, -0.05) is 17.7 Å². The molecule has 5 heteroatoms. The third-order valence-electron chi connectivity index (χ3n) is 3.59. The Morgan fingerprint density at radius 3 is 2.75 bits per heavy atom. The lowest BCUT2D eigenvalue weighted by atomic mass is 10.1. The molecule has 0 aliphatic carbocycles. The maximum absolute atomic E-state index is 11.1. The van der Waals surface area contributed by atoms with E-state index in [2.05, 4.69) is 10.3 Å². The minimum atomic E-state index is -0.134. The van der Waals surface area contributed by atoms with Crippen LogP contribution in [0, 0.1) is 6.92 Å². The smallest absolute Gasteiger partial charge is 0.222 e. The van der Waals surface area contributed by atoms with Crippen LogP contribution in [0.3, 0.4) is 0 Å². The number of rotatable bonds is 4. The number of amides is 1. The number of nitrogens with one attached hydrogen (secondary N) is 1. The Morgan fingerprint density at radius 1 is 1.17 bits per heavy atom. The van der Waals surface area contributed by atoms with Crippen LogP contribution in [0.5, 0.6) is 5.75 Å². The lowest BCUT2D eigenvalue weighted by molar-refractivity contribution is -0.114. The molecule has 1 N–H and O–H groups in total. The molecule has 122 valence electrons. The number of hydrogen-bond acceptors (Lipinski definition) is 3. The van der Waals surface area contributed by atoms with Crippen LogP contribution in [0.15, 0.2) is 48.5 Å². The molecule has 1 amide bonds. The van der Waals surface area contributed by atoms with Crippen LogP contribution < -0.4 is 10.1 Å². The van der Waals surface area contributed by atoms with Crippen LogP contribution in [-0.2, 0) is 11.4 Å². The number of pyridine rings is 1. The number of aromatic nitrogens is 1. The van der Waals surface area contributed by atoms with Gasteiger partial charge >= 0.3 is 0 Å². The van der Waals surface area contributed by atoms with Gasteiger partial charge in [-0.25, -0.2) is 4.98 Å². The van der Waals surface area contributed by atoms with E-state index in [1.54, 1.807) is 6.07 Å². The molecule has 24 heavy (non-hydrogen) atoms. The van der Waals surface area contributed by atoms with E-state index in [1.807, 2.05) is 49.4 Å². The van der Waals surface area contributed by atoms with E-state index >= 15 is 0 Å².